The van der Waals surface area contributed by atoms with Crippen LogP contribution in [0.5, 0.6) is 11.5 Å². The third-order valence-electron chi connectivity index (χ3n) is 2.74. The lowest BCUT2D eigenvalue weighted by Gasteiger charge is -2.08. The summed E-state index contributed by atoms with van der Waals surface area (Å²) in [5.41, 5.74) is 1.67. The molecule has 0 saturated heterocycles. The summed E-state index contributed by atoms with van der Waals surface area (Å²) in [7, 11) is 3.18. The number of benzene rings is 1. The van der Waals surface area contributed by atoms with Gasteiger partial charge in [0, 0.05) is 17.5 Å². The first-order chi connectivity index (χ1) is 10.2. The number of urea groups is 1. The van der Waals surface area contributed by atoms with Crippen molar-refractivity contribution >= 4 is 22.5 Å². The molecular weight excluding hydrogens is 290 g/mol. The van der Waals surface area contributed by atoms with Gasteiger partial charge in [0.25, 0.3) is 0 Å². The van der Waals surface area contributed by atoms with Gasteiger partial charge in [-0.3, -0.25) is 5.32 Å². The van der Waals surface area contributed by atoms with E-state index in [0.717, 1.165) is 11.3 Å². The van der Waals surface area contributed by atoms with E-state index in [9.17, 15) is 4.79 Å². The van der Waals surface area contributed by atoms with Crippen LogP contribution >= 0.6 is 11.3 Å². The third-order valence-corrected chi connectivity index (χ3v) is 3.50. The Morgan fingerprint density at radius 3 is 2.71 bits per heavy atom. The molecule has 0 saturated carbocycles. The smallest absolute Gasteiger partial charge is 0.321 e. The number of amides is 2. The zero-order chi connectivity index (χ0) is 15.2. The number of hydrogen-bond acceptors (Lipinski definition) is 5. The lowest BCUT2D eigenvalue weighted by Crippen LogP contribution is -2.28. The molecule has 0 unspecified atom stereocenters. The third kappa shape index (κ3) is 3.63. The van der Waals surface area contributed by atoms with Gasteiger partial charge in [-0.2, -0.15) is 0 Å². The Hall–Kier alpha value is -2.28. The van der Waals surface area contributed by atoms with Crippen LogP contribution < -0.4 is 20.1 Å². The number of methoxy groups -OCH3 is 2. The number of carbonyl (C=O) groups is 1. The van der Waals surface area contributed by atoms with E-state index in [1.807, 2.05) is 30.5 Å². The highest BCUT2D eigenvalue weighted by molar-refractivity contribution is 7.14. The molecule has 0 aliphatic carbocycles. The average molecular weight is 307 g/mol. The molecule has 0 fully saturated rings. The number of hydrogen-bond donors (Lipinski definition) is 2. The molecule has 0 spiro atoms. The van der Waals surface area contributed by atoms with Crippen molar-refractivity contribution in [1.82, 2.24) is 10.3 Å². The van der Waals surface area contributed by atoms with Crippen molar-refractivity contribution in [3.05, 3.63) is 23.6 Å². The fourth-order valence-corrected chi connectivity index (χ4v) is 2.48. The molecule has 0 bridgehead atoms. The van der Waals surface area contributed by atoms with E-state index in [4.69, 9.17) is 9.47 Å². The highest BCUT2D eigenvalue weighted by Gasteiger charge is 2.10. The van der Waals surface area contributed by atoms with Crippen LogP contribution in [0.1, 0.15) is 6.92 Å². The topological polar surface area (TPSA) is 72.5 Å². The molecule has 2 amide bonds. The highest BCUT2D eigenvalue weighted by atomic mass is 32.1. The average Bonchev–Trinajstić information content (AvgIpc) is 2.95. The Kier molecular flexibility index (Phi) is 4.99. The zero-order valence-corrected chi connectivity index (χ0v) is 12.9. The van der Waals surface area contributed by atoms with Crippen LogP contribution in [0.25, 0.3) is 11.3 Å². The van der Waals surface area contributed by atoms with Gasteiger partial charge in [-0.1, -0.05) is 0 Å². The summed E-state index contributed by atoms with van der Waals surface area (Å²) < 4.78 is 10.5. The lowest BCUT2D eigenvalue weighted by molar-refractivity contribution is 0.252. The van der Waals surface area contributed by atoms with Crippen molar-refractivity contribution in [3.63, 3.8) is 0 Å². The van der Waals surface area contributed by atoms with Gasteiger partial charge in [-0.05, 0) is 25.1 Å². The van der Waals surface area contributed by atoms with Crippen molar-refractivity contribution in [2.75, 3.05) is 26.1 Å². The van der Waals surface area contributed by atoms with E-state index in [1.165, 1.54) is 11.3 Å². The molecule has 112 valence electrons. The second-order valence-electron chi connectivity index (χ2n) is 4.09. The molecule has 1 heterocycles. The van der Waals surface area contributed by atoms with Gasteiger partial charge in [-0.15, -0.1) is 11.3 Å². The minimum absolute atomic E-state index is 0.259. The van der Waals surface area contributed by atoms with Gasteiger partial charge in [0.05, 0.1) is 19.9 Å². The van der Waals surface area contributed by atoms with Gasteiger partial charge in [0.1, 0.15) is 0 Å². The number of aromatic nitrogens is 1. The SMILES string of the molecule is CCNC(=O)Nc1nc(-c2ccc(OC)c(OC)c2)cs1. The largest absolute Gasteiger partial charge is 0.493 e. The Morgan fingerprint density at radius 1 is 1.29 bits per heavy atom. The molecule has 0 aliphatic heterocycles. The van der Waals surface area contributed by atoms with Crippen molar-refractivity contribution in [3.8, 4) is 22.8 Å². The Labute approximate surface area is 127 Å². The maximum absolute atomic E-state index is 11.5. The first-order valence-electron chi connectivity index (χ1n) is 6.40. The minimum atomic E-state index is -0.259. The fourth-order valence-electron chi connectivity index (χ4n) is 1.76. The van der Waals surface area contributed by atoms with Crippen molar-refractivity contribution in [2.45, 2.75) is 6.92 Å². The van der Waals surface area contributed by atoms with Crippen LogP contribution in [0.2, 0.25) is 0 Å². The normalized spacial score (nSPS) is 10.0. The maximum atomic E-state index is 11.5. The van der Waals surface area contributed by atoms with E-state index in [0.29, 0.717) is 23.2 Å². The molecule has 6 nitrogen and oxygen atoms in total. The molecule has 21 heavy (non-hydrogen) atoms. The predicted octanol–water partition coefficient (Wildman–Crippen LogP) is 2.97. The predicted molar refractivity (Wildman–Crippen MR) is 83.3 cm³/mol. The second kappa shape index (κ2) is 6.94. The standard InChI is InChI=1S/C14H17N3O3S/c1-4-15-13(18)17-14-16-10(8-21-14)9-5-6-11(19-2)12(7-9)20-3/h5-8H,4H2,1-3H3,(H2,15,16,17,18). The number of rotatable bonds is 5. The van der Waals surface area contributed by atoms with Gasteiger partial charge in [-0.25, -0.2) is 9.78 Å². The number of anilines is 1. The Bertz CT molecular complexity index is 628. The number of nitrogens with zero attached hydrogens (tertiary/aromatic N) is 1. The lowest BCUT2D eigenvalue weighted by atomic mass is 10.1. The van der Waals surface area contributed by atoms with Crippen molar-refractivity contribution in [1.29, 1.82) is 0 Å². The Morgan fingerprint density at radius 2 is 2.05 bits per heavy atom. The molecule has 0 radical (unpaired) electrons. The summed E-state index contributed by atoms with van der Waals surface area (Å²) in [6.45, 7) is 2.43. The molecule has 2 N–H and O–H groups in total. The van der Waals surface area contributed by atoms with Crippen molar-refractivity contribution in [2.24, 2.45) is 0 Å². The molecule has 1 aromatic heterocycles. The van der Waals surface area contributed by atoms with Crippen molar-refractivity contribution < 1.29 is 14.3 Å². The summed E-state index contributed by atoms with van der Waals surface area (Å²) in [4.78, 5) is 15.8. The van der Waals surface area contributed by atoms with Gasteiger partial charge < -0.3 is 14.8 Å². The molecule has 0 aliphatic rings. The fraction of sp³-hybridized carbons (Fsp3) is 0.286. The number of nitrogens with one attached hydrogen (secondary N) is 2. The van der Waals surface area contributed by atoms with Crippen LogP contribution in [-0.4, -0.2) is 31.8 Å². The van der Waals surface area contributed by atoms with E-state index in [1.54, 1.807) is 14.2 Å². The molecule has 0 atom stereocenters. The van der Waals surface area contributed by atoms with E-state index in [2.05, 4.69) is 15.6 Å². The number of ether oxygens (including phenoxy) is 2. The van der Waals surface area contributed by atoms with Crippen LogP contribution in [0, 0.1) is 0 Å². The van der Waals surface area contributed by atoms with Gasteiger partial charge in [0.15, 0.2) is 16.6 Å². The summed E-state index contributed by atoms with van der Waals surface area (Å²) in [5, 5.41) is 7.77. The minimum Gasteiger partial charge on any atom is -0.493 e. The molecule has 7 heteroatoms. The molecular formula is C14H17N3O3S. The monoisotopic (exact) mass is 307 g/mol. The zero-order valence-electron chi connectivity index (χ0n) is 12.1. The quantitative estimate of drug-likeness (QED) is 0.890. The van der Waals surface area contributed by atoms with E-state index in [-0.39, 0.29) is 6.03 Å². The second-order valence-corrected chi connectivity index (χ2v) is 4.95. The summed E-state index contributed by atoms with van der Waals surface area (Å²) in [6.07, 6.45) is 0. The molecule has 2 aromatic rings. The van der Waals surface area contributed by atoms with Crippen LogP contribution in [0.3, 0.4) is 0 Å². The number of thiazole rings is 1. The summed E-state index contributed by atoms with van der Waals surface area (Å²) >= 11 is 1.37. The van der Waals surface area contributed by atoms with Crippen LogP contribution in [-0.2, 0) is 0 Å². The van der Waals surface area contributed by atoms with E-state index < -0.39 is 0 Å². The molecule has 1 aromatic carbocycles. The summed E-state index contributed by atoms with van der Waals surface area (Å²) in [6, 6.07) is 5.31. The molecule has 2 rings (SSSR count). The highest BCUT2D eigenvalue weighted by Crippen LogP contribution is 2.33. The first-order valence-corrected chi connectivity index (χ1v) is 7.28. The maximum Gasteiger partial charge on any atom is 0.321 e. The first kappa shape index (κ1) is 15.1. The van der Waals surface area contributed by atoms with Crippen LogP contribution in [0.15, 0.2) is 23.6 Å². The summed E-state index contributed by atoms with van der Waals surface area (Å²) in [5.74, 6) is 1.30. The van der Waals surface area contributed by atoms with Crippen LogP contribution in [0.4, 0.5) is 9.93 Å². The number of carbonyl (C=O) groups excluding carboxylic acids is 1. The Balaban J connectivity index is 2.19. The van der Waals surface area contributed by atoms with Gasteiger partial charge in [0.2, 0.25) is 0 Å². The van der Waals surface area contributed by atoms with E-state index >= 15 is 0 Å². The van der Waals surface area contributed by atoms with Gasteiger partial charge >= 0.3 is 6.03 Å².